The molecule has 0 saturated carbocycles. The van der Waals surface area contributed by atoms with Crippen LogP contribution in [-0.2, 0) is 24.7 Å². The fourth-order valence-electron chi connectivity index (χ4n) is 6.42. The molecule has 1 fully saturated rings. The Morgan fingerprint density at radius 3 is 2.76 bits per heavy atom. The molecular formula is C30H31FN2O. The molecule has 4 aromatic rings. The maximum Gasteiger partial charge on any atom is 0.147 e. The minimum Gasteiger partial charge on any atom is -0.497 e. The highest BCUT2D eigenvalue weighted by molar-refractivity contribution is 5.85. The zero-order chi connectivity index (χ0) is 23.1. The van der Waals surface area contributed by atoms with Gasteiger partial charge in [0, 0.05) is 29.6 Å². The van der Waals surface area contributed by atoms with Gasteiger partial charge in [0.2, 0.25) is 0 Å². The smallest absolute Gasteiger partial charge is 0.147 e. The summed E-state index contributed by atoms with van der Waals surface area (Å²) in [6.45, 7) is 3.21. The van der Waals surface area contributed by atoms with Gasteiger partial charge in [0.25, 0.3) is 0 Å². The highest BCUT2D eigenvalue weighted by Gasteiger charge is 2.48. The zero-order valence-electron chi connectivity index (χ0n) is 19.7. The molecule has 2 heterocycles. The van der Waals surface area contributed by atoms with E-state index in [0.29, 0.717) is 11.4 Å². The van der Waals surface area contributed by atoms with Gasteiger partial charge in [-0.2, -0.15) is 0 Å². The Morgan fingerprint density at radius 1 is 1.06 bits per heavy atom. The summed E-state index contributed by atoms with van der Waals surface area (Å²) in [6.07, 6.45) is 4.05. The van der Waals surface area contributed by atoms with Gasteiger partial charge < -0.3 is 14.6 Å². The molecule has 0 bridgehead atoms. The first-order chi connectivity index (χ1) is 16.7. The molecule has 6 rings (SSSR count). The topological polar surface area (TPSA) is 28.3 Å². The lowest BCUT2D eigenvalue weighted by atomic mass is 9.58. The number of ether oxygens (including phenoxy) is 1. The monoisotopic (exact) mass is 454 g/mol. The molecule has 1 aliphatic carbocycles. The molecule has 34 heavy (non-hydrogen) atoms. The second kappa shape index (κ2) is 8.59. The molecule has 2 atom stereocenters. The molecule has 4 heteroatoms. The fourth-order valence-corrected chi connectivity index (χ4v) is 6.42. The van der Waals surface area contributed by atoms with Crippen LogP contribution in [0.1, 0.15) is 28.8 Å². The van der Waals surface area contributed by atoms with Gasteiger partial charge in [0.1, 0.15) is 11.6 Å². The molecule has 3 nitrogen and oxygen atoms in total. The quantitative estimate of drug-likeness (QED) is 0.406. The van der Waals surface area contributed by atoms with Gasteiger partial charge in [0.05, 0.1) is 12.6 Å². The van der Waals surface area contributed by atoms with Crippen LogP contribution in [0.3, 0.4) is 0 Å². The minimum atomic E-state index is -0.158. The standard InChI is InChI=1S/C30H31FN2O/c1-34-24-10-5-9-22(17-24)30-14-16-33(15-13-21-7-3-2-4-8-21)20-23(30)18-26-25-11-6-12-27(31)29(25)32-28(26)19-30/h2-12,17,23,32H,13-16,18-20H2,1H3. The minimum absolute atomic E-state index is 0.0299. The lowest BCUT2D eigenvalue weighted by molar-refractivity contribution is 0.0822. The number of methoxy groups -OCH3 is 1. The number of fused-ring (bicyclic) bond motifs is 4. The number of aromatic nitrogens is 1. The summed E-state index contributed by atoms with van der Waals surface area (Å²) >= 11 is 0. The lowest BCUT2D eigenvalue weighted by Gasteiger charge is -2.51. The predicted octanol–water partition coefficient (Wildman–Crippen LogP) is 5.92. The molecular weight excluding hydrogens is 423 g/mol. The molecule has 0 spiro atoms. The van der Waals surface area contributed by atoms with E-state index in [-0.39, 0.29) is 11.2 Å². The van der Waals surface area contributed by atoms with Gasteiger partial charge in [-0.25, -0.2) is 4.39 Å². The van der Waals surface area contributed by atoms with Gasteiger partial charge in [-0.15, -0.1) is 0 Å². The number of rotatable bonds is 5. The number of hydrogen-bond donors (Lipinski definition) is 1. The average Bonchev–Trinajstić information content (AvgIpc) is 3.25. The van der Waals surface area contributed by atoms with Crippen LogP contribution in [0.4, 0.5) is 4.39 Å². The largest absolute Gasteiger partial charge is 0.497 e. The van der Waals surface area contributed by atoms with E-state index < -0.39 is 0 Å². The summed E-state index contributed by atoms with van der Waals surface area (Å²) in [7, 11) is 1.74. The van der Waals surface area contributed by atoms with Crippen molar-refractivity contribution in [3.05, 3.63) is 101 Å². The number of likely N-dealkylation sites (tertiary alicyclic amines) is 1. The van der Waals surface area contributed by atoms with E-state index >= 15 is 0 Å². The van der Waals surface area contributed by atoms with E-state index in [2.05, 4.69) is 64.5 Å². The Hall–Kier alpha value is -3.11. The second-order valence-corrected chi connectivity index (χ2v) is 10.00. The SMILES string of the molecule is COc1cccc(C23CCN(CCc4ccccc4)CC2Cc2c([nH]c4c(F)cccc24)C3)c1. The Morgan fingerprint density at radius 2 is 1.91 bits per heavy atom. The summed E-state index contributed by atoms with van der Waals surface area (Å²) in [5.74, 6) is 1.22. The van der Waals surface area contributed by atoms with Crippen molar-refractivity contribution in [2.75, 3.05) is 26.7 Å². The summed E-state index contributed by atoms with van der Waals surface area (Å²) in [6, 6.07) is 24.9. The van der Waals surface area contributed by atoms with Crippen molar-refractivity contribution in [1.82, 2.24) is 9.88 Å². The van der Waals surface area contributed by atoms with Crippen molar-refractivity contribution in [3.63, 3.8) is 0 Å². The van der Waals surface area contributed by atoms with E-state index in [4.69, 9.17) is 4.74 Å². The molecule has 0 radical (unpaired) electrons. The summed E-state index contributed by atoms with van der Waals surface area (Å²) < 4.78 is 20.2. The molecule has 174 valence electrons. The van der Waals surface area contributed by atoms with E-state index in [9.17, 15) is 4.39 Å². The number of halogens is 1. The van der Waals surface area contributed by atoms with Crippen molar-refractivity contribution in [1.29, 1.82) is 0 Å². The third-order valence-corrected chi connectivity index (χ3v) is 8.26. The highest BCUT2D eigenvalue weighted by Crippen LogP contribution is 2.49. The van der Waals surface area contributed by atoms with Gasteiger partial charge in [-0.05, 0) is 73.0 Å². The molecule has 3 aromatic carbocycles. The maximum absolute atomic E-state index is 14.6. The first kappa shape index (κ1) is 21.4. The van der Waals surface area contributed by atoms with Crippen molar-refractivity contribution in [2.24, 2.45) is 5.92 Å². The lowest BCUT2D eigenvalue weighted by Crippen LogP contribution is -2.54. The number of nitrogens with one attached hydrogen (secondary N) is 1. The van der Waals surface area contributed by atoms with Crippen LogP contribution in [0.25, 0.3) is 10.9 Å². The number of aromatic amines is 1. The van der Waals surface area contributed by atoms with Crippen LogP contribution in [0.5, 0.6) is 5.75 Å². The maximum atomic E-state index is 14.6. The third-order valence-electron chi connectivity index (χ3n) is 8.26. The molecule has 2 unspecified atom stereocenters. The van der Waals surface area contributed by atoms with Crippen molar-refractivity contribution in [2.45, 2.75) is 31.1 Å². The van der Waals surface area contributed by atoms with Crippen molar-refractivity contribution >= 4 is 10.9 Å². The molecule has 1 N–H and O–H groups in total. The van der Waals surface area contributed by atoms with Gasteiger partial charge in [-0.1, -0.05) is 54.6 Å². The van der Waals surface area contributed by atoms with Crippen molar-refractivity contribution < 1.29 is 9.13 Å². The third kappa shape index (κ3) is 3.61. The van der Waals surface area contributed by atoms with Crippen molar-refractivity contribution in [3.8, 4) is 5.75 Å². The number of benzene rings is 3. The van der Waals surface area contributed by atoms with E-state index in [1.807, 2.05) is 12.1 Å². The predicted molar refractivity (Wildman–Crippen MR) is 135 cm³/mol. The Labute approximate surface area is 200 Å². The summed E-state index contributed by atoms with van der Waals surface area (Å²) in [5.41, 5.74) is 5.95. The van der Waals surface area contributed by atoms with E-state index in [1.165, 1.54) is 22.4 Å². The van der Waals surface area contributed by atoms with E-state index in [0.717, 1.165) is 56.5 Å². The zero-order valence-corrected chi connectivity index (χ0v) is 19.7. The number of hydrogen-bond acceptors (Lipinski definition) is 2. The van der Waals surface area contributed by atoms with Crippen LogP contribution in [-0.4, -0.2) is 36.6 Å². The first-order valence-electron chi connectivity index (χ1n) is 12.3. The molecule has 1 aromatic heterocycles. The van der Waals surface area contributed by atoms with Gasteiger partial charge in [-0.3, -0.25) is 0 Å². The summed E-state index contributed by atoms with van der Waals surface area (Å²) in [5, 5.41) is 1.05. The van der Waals surface area contributed by atoms with Crippen LogP contribution in [0.15, 0.2) is 72.8 Å². The Kier molecular flexibility index (Phi) is 5.41. The molecule has 0 amide bonds. The number of nitrogens with zero attached hydrogens (tertiary/aromatic N) is 1. The summed E-state index contributed by atoms with van der Waals surface area (Å²) in [4.78, 5) is 6.11. The van der Waals surface area contributed by atoms with E-state index in [1.54, 1.807) is 13.2 Å². The number of para-hydroxylation sites is 1. The second-order valence-electron chi connectivity index (χ2n) is 10.00. The van der Waals surface area contributed by atoms with Crippen LogP contribution in [0.2, 0.25) is 0 Å². The molecule has 2 aliphatic rings. The fraction of sp³-hybridized carbons (Fsp3) is 0.333. The highest BCUT2D eigenvalue weighted by atomic mass is 19.1. The molecule has 1 aliphatic heterocycles. The van der Waals surface area contributed by atoms with Gasteiger partial charge in [0.15, 0.2) is 0 Å². The normalized spacial score (nSPS) is 22.4. The number of H-pyrrole nitrogens is 1. The van der Waals surface area contributed by atoms with Crippen LogP contribution < -0.4 is 4.74 Å². The average molecular weight is 455 g/mol. The van der Waals surface area contributed by atoms with Gasteiger partial charge >= 0.3 is 0 Å². The van der Waals surface area contributed by atoms with Crippen LogP contribution in [0, 0.1) is 11.7 Å². The number of piperidine rings is 1. The Bertz CT molecular complexity index is 1310. The first-order valence-corrected chi connectivity index (χ1v) is 12.3. The molecule has 1 saturated heterocycles. The van der Waals surface area contributed by atoms with Crippen LogP contribution >= 0.6 is 0 Å². The Balaban J connectivity index is 1.36.